The van der Waals surface area contributed by atoms with Crippen LogP contribution in [0.15, 0.2) is 59.6 Å². The molecule has 0 atom stereocenters. The second kappa shape index (κ2) is 7.57. The van der Waals surface area contributed by atoms with Crippen LogP contribution < -0.4 is 0 Å². The Morgan fingerprint density at radius 2 is 2.04 bits per heavy atom. The first-order valence-electron chi connectivity index (χ1n) is 7.19. The molecule has 6 heteroatoms. The van der Waals surface area contributed by atoms with Crippen molar-refractivity contribution in [2.45, 2.75) is 23.9 Å². The largest absolute Gasteiger partial charge is 0.302 e. The fourth-order valence-corrected chi connectivity index (χ4v) is 3.79. The number of thioether (sulfide) groups is 1. The zero-order valence-corrected chi connectivity index (χ0v) is 14.1. The molecule has 0 aliphatic heterocycles. The first kappa shape index (κ1) is 16.0. The van der Waals surface area contributed by atoms with E-state index >= 15 is 0 Å². The Kier molecular flexibility index (Phi) is 5.25. The summed E-state index contributed by atoms with van der Waals surface area (Å²) in [5.74, 6) is 1.45. The van der Waals surface area contributed by atoms with Crippen LogP contribution in [-0.2, 0) is 18.7 Å². The number of aromatic nitrogens is 3. The molecule has 0 fully saturated rings. The summed E-state index contributed by atoms with van der Waals surface area (Å²) < 4.78 is 15.0. The van der Waals surface area contributed by atoms with E-state index in [4.69, 9.17) is 0 Å². The van der Waals surface area contributed by atoms with Crippen molar-refractivity contribution in [1.29, 1.82) is 0 Å². The Morgan fingerprint density at radius 1 is 1.22 bits per heavy atom. The summed E-state index contributed by atoms with van der Waals surface area (Å²) in [6.45, 7) is 4.50. The second-order valence-electron chi connectivity index (χ2n) is 4.97. The lowest BCUT2D eigenvalue weighted by atomic mass is 10.2. The maximum atomic E-state index is 13.0. The molecule has 3 rings (SSSR count). The highest BCUT2D eigenvalue weighted by atomic mass is 32.2. The van der Waals surface area contributed by atoms with Crippen LogP contribution in [0.25, 0.3) is 0 Å². The smallest absolute Gasteiger partial charge is 0.191 e. The van der Waals surface area contributed by atoms with Gasteiger partial charge in [0.1, 0.15) is 11.6 Å². The van der Waals surface area contributed by atoms with Crippen molar-refractivity contribution in [3.63, 3.8) is 0 Å². The monoisotopic (exact) mass is 345 g/mol. The minimum atomic E-state index is -0.216. The van der Waals surface area contributed by atoms with Gasteiger partial charge in [0.05, 0.1) is 0 Å². The van der Waals surface area contributed by atoms with Crippen LogP contribution in [0.3, 0.4) is 0 Å². The van der Waals surface area contributed by atoms with Crippen LogP contribution >= 0.6 is 23.1 Å². The highest BCUT2D eigenvalue weighted by Gasteiger charge is 2.12. The van der Waals surface area contributed by atoms with Crippen molar-refractivity contribution in [2.24, 2.45) is 0 Å². The van der Waals surface area contributed by atoms with E-state index in [1.807, 2.05) is 12.1 Å². The van der Waals surface area contributed by atoms with Gasteiger partial charge in [0, 0.05) is 23.6 Å². The van der Waals surface area contributed by atoms with Gasteiger partial charge in [-0.1, -0.05) is 36.0 Å². The van der Waals surface area contributed by atoms with E-state index in [0.717, 1.165) is 28.7 Å². The SMILES string of the molecule is C=CCn1c(Cc2cccs2)nnc1SCc1ccc(F)cc1. The van der Waals surface area contributed by atoms with Crippen molar-refractivity contribution in [1.82, 2.24) is 14.8 Å². The zero-order chi connectivity index (χ0) is 16.1. The predicted molar refractivity (Wildman–Crippen MR) is 93.3 cm³/mol. The minimum absolute atomic E-state index is 0.216. The lowest BCUT2D eigenvalue weighted by molar-refractivity contribution is 0.627. The van der Waals surface area contributed by atoms with E-state index in [1.54, 1.807) is 35.2 Å². The van der Waals surface area contributed by atoms with Crippen molar-refractivity contribution in [3.8, 4) is 0 Å². The summed E-state index contributed by atoms with van der Waals surface area (Å²) in [6, 6.07) is 10.7. The van der Waals surface area contributed by atoms with E-state index in [9.17, 15) is 4.39 Å². The molecule has 0 N–H and O–H groups in total. The lowest BCUT2D eigenvalue weighted by Gasteiger charge is -2.07. The van der Waals surface area contributed by atoms with Gasteiger partial charge in [-0.25, -0.2) is 4.39 Å². The predicted octanol–water partition coefficient (Wildman–Crippen LogP) is 4.55. The molecule has 23 heavy (non-hydrogen) atoms. The number of rotatable bonds is 7. The normalized spacial score (nSPS) is 10.8. The van der Waals surface area contributed by atoms with E-state index in [2.05, 4.69) is 32.8 Å². The Morgan fingerprint density at radius 3 is 2.74 bits per heavy atom. The van der Waals surface area contributed by atoms with Gasteiger partial charge in [0.2, 0.25) is 0 Å². The quantitative estimate of drug-likeness (QED) is 0.465. The number of thiophene rings is 1. The molecule has 0 saturated carbocycles. The van der Waals surface area contributed by atoms with Crippen LogP contribution in [0.2, 0.25) is 0 Å². The van der Waals surface area contributed by atoms with Gasteiger partial charge in [-0.2, -0.15) is 0 Å². The third kappa shape index (κ3) is 4.09. The zero-order valence-electron chi connectivity index (χ0n) is 12.5. The standard InChI is InChI=1S/C17H16FN3S2/c1-2-9-21-16(11-15-4-3-10-22-15)19-20-17(21)23-12-13-5-7-14(18)8-6-13/h2-8,10H,1,9,11-12H2. The summed E-state index contributed by atoms with van der Waals surface area (Å²) in [5, 5.41) is 11.6. The van der Waals surface area contributed by atoms with Crippen molar-refractivity contribution in [2.75, 3.05) is 0 Å². The van der Waals surface area contributed by atoms with E-state index in [-0.39, 0.29) is 5.82 Å². The topological polar surface area (TPSA) is 30.7 Å². The van der Waals surface area contributed by atoms with E-state index < -0.39 is 0 Å². The molecule has 0 aliphatic rings. The molecule has 0 radical (unpaired) electrons. The fraction of sp³-hybridized carbons (Fsp3) is 0.176. The van der Waals surface area contributed by atoms with Crippen LogP contribution in [0.4, 0.5) is 4.39 Å². The number of allylic oxidation sites excluding steroid dienone is 1. The molecule has 0 unspecified atom stereocenters. The average Bonchev–Trinajstić information content (AvgIpc) is 3.19. The third-order valence-electron chi connectivity index (χ3n) is 3.30. The summed E-state index contributed by atoms with van der Waals surface area (Å²) >= 11 is 3.32. The molecule has 2 heterocycles. The van der Waals surface area contributed by atoms with Crippen molar-refractivity contribution in [3.05, 3.63) is 76.5 Å². The average molecular weight is 345 g/mol. The van der Waals surface area contributed by atoms with Gasteiger partial charge in [-0.05, 0) is 29.1 Å². The molecule has 0 aliphatic carbocycles. The number of hydrogen-bond acceptors (Lipinski definition) is 4. The van der Waals surface area contributed by atoms with Gasteiger partial charge >= 0.3 is 0 Å². The first-order valence-corrected chi connectivity index (χ1v) is 9.05. The maximum Gasteiger partial charge on any atom is 0.191 e. The number of nitrogens with zero attached hydrogens (tertiary/aromatic N) is 3. The molecule has 3 aromatic rings. The summed E-state index contributed by atoms with van der Waals surface area (Å²) in [6.07, 6.45) is 2.62. The molecule has 3 nitrogen and oxygen atoms in total. The van der Waals surface area contributed by atoms with Crippen LogP contribution in [0, 0.1) is 5.82 Å². The van der Waals surface area contributed by atoms with Crippen LogP contribution in [0.5, 0.6) is 0 Å². The number of benzene rings is 1. The molecule has 0 amide bonds. The van der Waals surface area contributed by atoms with E-state index in [1.165, 1.54) is 17.0 Å². The van der Waals surface area contributed by atoms with Crippen LogP contribution in [0.1, 0.15) is 16.3 Å². The fourth-order valence-electron chi connectivity index (χ4n) is 2.17. The van der Waals surface area contributed by atoms with Crippen molar-refractivity contribution >= 4 is 23.1 Å². The van der Waals surface area contributed by atoms with Gasteiger partial charge in [0.25, 0.3) is 0 Å². The molecular formula is C17H16FN3S2. The summed E-state index contributed by atoms with van der Waals surface area (Å²) in [5.41, 5.74) is 1.06. The molecule has 118 valence electrons. The second-order valence-corrected chi connectivity index (χ2v) is 6.94. The highest BCUT2D eigenvalue weighted by Crippen LogP contribution is 2.24. The third-order valence-corrected chi connectivity index (χ3v) is 5.21. The molecule has 2 aromatic heterocycles. The molecule has 0 bridgehead atoms. The van der Waals surface area contributed by atoms with Crippen molar-refractivity contribution < 1.29 is 4.39 Å². The Balaban J connectivity index is 1.74. The van der Waals surface area contributed by atoms with E-state index in [0.29, 0.717) is 6.54 Å². The molecule has 1 aromatic carbocycles. The Bertz CT molecular complexity index is 764. The van der Waals surface area contributed by atoms with Gasteiger partial charge in [-0.3, -0.25) is 0 Å². The van der Waals surface area contributed by atoms with Crippen LogP contribution in [-0.4, -0.2) is 14.8 Å². The van der Waals surface area contributed by atoms with Gasteiger partial charge < -0.3 is 4.57 Å². The molecular weight excluding hydrogens is 329 g/mol. The number of hydrogen-bond donors (Lipinski definition) is 0. The molecule has 0 spiro atoms. The first-order chi connectivity index (χ1) is 11.3. The maximum absolute atomic E-state index is 13.0. The molecule has 0 saturated heterocycles. The highest BCUT2D eigenvalue weighted by molar-refractivity contribution is 7.98. The van der Waals surface area contributed by atoms with Gasteiger partial charge in [-0.15, -0.1) is 28.1 Å². The number of halogens is 1. The summed E-state index contributed by atoms with van der Waals surface area (Å²) in [4.78, 5) is 1.26. The Labute approximate surface area is 142 Å². The summed E-state index contributed by atoms with van der Waals surface area (Å²) in [7, 11) is 0. The minimum Gasteiger partial charge on any atom is -0.302 e. The van der Waals surface area contributed by atoms with Gasteiger partial charge in [0.15, 0.2) is 5.16 Å². The Hall–Kier alpha value is -1.92. The lowest BCUT2D eigenvalue weighted by Crippen LogP contribution is -2.04.